The minimum atomic E-state index is -0.778. The van der Waals surface area contributed by atoms with E-state index in [-0.39, 0.29) is 6.42 Å². The molecule has 17 heavy (non-hydrogen) atoms. The smallest absolute Gasteiger partial charge is 0.303 e. The van der Waals surface area contributed by atoms with Crippen LogP contribution in [0.1, 0.15) is 12.0 Å². The minimum Gasteiger partial charge on any atom is -0.481 e. The van der Waals surface area contributed by atoms with Crippen LogP contribution in [-0.4, -0.2) is 20.6 Å². The standard InChI is InChI=1S/C13H14N2O2/c1-15-9-8-14-13(15)11-5-3-2-4-10(11)6-7-12(16)17/h2-5,8-9H,6-7H2,1H3,(H,16,17). The fourth-order valence-corrected chi connectivity index (χ4v) is 1.82. The zero-order valence-electron chi connectivity index (χ0n) is 9.63. The molecule has 0 bridgehead atoms. The van der Waals surface area contributed by atoms with E-state index in [4.69, 9.17) is 5.11 Å². The molecular weight excluding hydrogens is 216 g/mol. The number of benzene rings is 1. The van der Waals surface area contributed by atoms with Crippen LogP contribution >= 0.6 is 0 Å². The van der Waals surface area contributed by atoms with E-state index in [0.717, 1.165) is 17.0 Å². The number of imidazole rings is 1. The van der Waals surface area contributed by atoms with Gasteiger partial charge in [0, 0.05) is 31.4 Å². The summed E-state index contributed by atoms with van der Waals surface area (Å²) < 4.78 is 1.93. The molecule has 0 spiro atoms. The molecule has 1 N–H and O–H groups in total. The Morgan fingerprint density at radius 3 is 2.82 bits per heavy atom. The molecule has 88 valence electrons. The van der Waals surface area contributed by atoms with Crippen molar-refractivity contribution >= 4 is 5.97 Å². The van der Waals surface area contributed by atoms with E-state index >= 15 is 0 Å². The summed E-state index contributed by atoms with van der Waals surface area (Å²) in [5.74, 6) is 0.0885. The van der Waals surface area contributed by atoms with Crippen molar-refractivity contribution in [3.63, 3.8) is 0 Å². The summed E-state index contributed by atoms with van der Waals surface area (Å²) in [7, 11) is 1.93. The maximum Gasteiger partial charge on any atom is 0.303 e. The van der Waals surface area contributed by atoms with Gasteiger partial charge in [-0.15, -0.1) is 0 Å². The zero-order valence-corrected chi connectivity index (χ0v) is 9.63. The zero-order chi connectivity index (χ0) is 12.3. The predicted molar refractivity (Wildman–Crippen MR) is 64.6 cm³/mol. The van der Waals surface area contributed by atoms with Crippen LogP contribution in [0.4, 0.5) is 0 Å². The Balaban J connectivity index is 2.34. The van der Waals surface area contributed by atoms with Crippen LogP contribution in [0.5, 0.6) is 0 Å². The van der Waals surface area contributed by atoms with Gasteiger partial charge in [-0.25, -0.2) is 4.98 Å². The monoisotopic (exact) mass is 230 g/mol. The largest absolute Gasteiger partial charge is 0.481 e. The van der Waals surface area contributed by atoms with E-state index in [1.165, 1.54) is 0 Å². The fourth-order valence-electron chi connectivity index (χ4n) is 1.82. The summed E-state index contributed by atoms with van der Waals surface area (Å²) >= 11 is 0. The Hall–Kier alpha value is -2.10. The second kappa shape index (κ2) is 4.82. The molecule has 0 amide bonds. The number of aryl methyl sites for hydroxylation is 2. The molecule has 1 aromatic heterocycles. The normalized spacial score (nSPS) is 10.4. The van der Waals surface area contributed by atoms with Gasteiger partial charge >= 0.3 is 5.97 Å². The third-order valence-electron chi connectivity index (χ3n) is 2.69. The first-order valence-electron chi connectivity index (χ1n) is 5.46. The first kappa shape index (κ1) is 11.4. The van der Waals surface area contributed by atoms with Crippen LogP contribution in [0.25, 0.3) is 11.4 Å². The molecule has 1 heterocycles. The Labute approximate surface area is 99.5 Å². The molecule has 0 unspecified atom stereocenters. The van der Waals surface area contributed by atoms with E-state index in [2.05, 4.69) is 4.98 Å². The van der Waals surface area contributed by atoms with Gasteiger partial charge in [0.2, 0.25) is 0 Å². The van der Waals surface area contributed by atoms with Crippen molar-refractivity contribution in [3.05, 3.63) is 42.2 Å². The van der Waals surface area contributed by atoms with Crippen molar-refractivity contribution in [3.8, 4) is 11.4 Å². The second-order valence-electron chi connectivity index (χ2n) is 3.91. The van der Waals surface area contributed by atoms with Gasteiger partial charge in [0.25, 0.3) is 0 Å². The molecule has 4 heteroatoms. The third kappa shape index (κ3) is 2.53. The van der Waals surface area contributed by atoms with E-state index < -0.39 is 5.97 Å². The topological polar surface area (TPSA) is 55.1 Å². The number of hydrogen-bond acceptors (Lipinski definition) is 2. The minimum absolute atomic E-state index is 0.140. The lowest BCUT2D eigenvalue weighted by Gasteiger charge is -2.08. The van der Waals surface area contributed by atoms with Gasteiger partial charge < -0.3 is 9.67 Å². The first-order valence-corrected chi connectivity index (χ1v) is 5.46. The third-order valence-corrected chi connectivity index (χ3v) is 2.69. The number of carboxylic acid groups (broad SMARTS) is 1. The Morgan fingerprint density at radius 2 is 2.18 bits per heavy atom. The Morgan fingerprint density at radius 1 is 1.41 bits per heavy atom. The summed E-state index contributed by atoms with van der Waals surface area (Å²) in [5.41, 5.74) is 2.02. The molecule has 2 rings (SSSR count). The molecule has 0 fully saturated rings. The summed E-state index contributed by atoms with van der Waals surface area (Å²) in [4.78, 5) is 14.9. The summed E-state index contributed by atoms with van der Waals surface area (Å²) in [6.45, 7) is 0. The van der Waals surface area contributed by atoms with E-state index in [9.17, 15) is 4.79 Å². The molecule has 0 saturated heterocycles. The lowest BCUT2D eigenvalue weighted by molar-refractivity contribution is -0.136. The van der Waals surface area contributed by atoms with E-state index in [0.29, 0.717) is 6.42 Å². The number of aliphatic carboxylic acids is 1. The van der Waals surface area contributed by atoms with E-state index in [1.54, 1.807) is 6.20 Å². The number of nitrogens with zero attached hydrogens (tertiary/aromatic N) is 2. The highest BCUT2D eigenvalue weighted by Gasteiger charge is 2.09. The van der Waals surface area contributed by atoms with E-state index in [1.807, 2.05) is 42.1 Å². The quantitative estimate of drug-likeness (QED) is 0.875. The Bertz CT molecular complexity index is 532. The van der Waals surface area contributed by atoms with Crippen LogP contribution in [0.15, 0.2) is 36.7 Å². The maximum atomic E-state index is 10.6. The molecule has 2 aromatic rings. The van der Waals surface area contributed by atoms with Crippen molar-refractivity contribution in [1.29, 1.82) is 0 Å². The highest BCUT2D eigenvalue weighted by molar-refractivity contribution is 5.68. The van der Waals surface area contributed by atoms with Crippen molar-refractivity contribution in [1.82, 2.24) is 9.55 Å². The molecule has 0 saturated carbocycles. The number of aromatic nitrogens is 2. The van der Waals surface area contributed by atoms with Crippen molar-refractivity contribution in [2.45, 2.75) is 12.8 Å². The van der Waals surface area contributed by atoms with Crippen LogP contribution in [0.2, 0.25) is 0 Å². The van der Waals surface area contributed by atoms with Crippen LogP contribution < -0.4 is 0 Å². The first-order chi connectivity index (χ1) is 8.18. The van der Waals surface area contributed by atoms with Gasteiger partial charge in [0.05, 0.1) is 0 Å². The van der Waals surface area contributed by atoms with Gasteiger partial charge in [-0.2, -0.15) is 0 Å². The number of rotatable bonds is 4. The highest BCUT2D eigenvalue weighted by atomic mass is 16.4. The molecule has 0 aliphatic heterocycles. The number of carboxylic acids is 1. The van der Waals surface area contributed by atoms with Gasteiger partial charge in [-0.3, -0.25) is 4.79 Å². The fraction of sp³-hybridized carbons (Fsp3) is 0.231. The number of carbonyl (C=O) groups is 1. The Kier molecular flexibility index (Phi) is 3.23. The van der Waals surface area contributed by atoms with Crippen molar-refractivity contribution in [2.75, 3.05) is 0 Å². The molecular formula is C13H14N2O2. The SMILES string of the molecule is Cn1ccnc1-c1ccccc1CCC(=O)O. The predicted octanol–water partition coefficient (Wildman–Crippen LogP) is 2.10. The summed E-state index contributed by atoms with van der Waals surface area (Å²) in [5, 5.41) is 8.73. The lowest BCUT2D eigenvalue weighted by Crippen LogP contribution is -2.00. The average Bonchev–Trinajstić information content (AvgIpc) is 2.73. The van der Waals surface area contributed by atoms with Crippen molar-refractivity contribution < 1.29 is 9.90 Å². The van der Waals surface area contributed by atoms with Crippen molar-refractivity contribution in [2.24, 2.45) is 7.05 Å². The molecule has 1 aromatic carbocycles. The van der Waals surface area contributed by atoms with Crippen LogP contribution in [-0.2, 0) is 18.3 Å². The molecule has 0 atom stereocenters. The van der Waals surface area contributed by atoms with Crippen LogP contribution in [0, 0.1) is 0 Å². The van der Waals surface area contributed by atoms with Crippen LogP contribution in [0.3, 0.4) is 0 Å². The lowest BCUT2D eigenvalue weighted by atomic mass is 10.0. The van der Waals surface area contributed by atoms with Gasteiger partial charge in [-0.1, -0.05) is 24.3 Å². The van der Waals surface area contributed by atoms with Gasteiger partial charge in [-0.05, 0) is 12.0 Å². The highest BCUT2D eigenvalue weighted by Crippen LogP contribution is 2.22. The molecule has 0 aliphatic rings. The molecule has 4 nitrogen and oxygen atoms in total. The average molecular weight is 230 g/mol. The molecule has 0 aliphatic carbocycles. The second-order valence-corrected chi connectivity index (χ2v) is 3.91. The number of hydrogen-bond donors (Lipinski definition) is 1. The maximum absolute atomic E-state index is 10.6. The summed E-state index contributed by atoms with van der Waals surface area (Å²) in [6.07, 6.45) is 4.28. The van der Waals surface area contributed by atoms with Gasteiger partial charge in [0.1, 0.15) is 5.82 Å². The summed E-state index contributed by atoms with van der Waals surface area (Å²) in [6, 6.07) is 7.78. The molecule has 0 radical (unpaired) electrons. The van der Waals surface area contributed by atoms with Gasteiger partial charge in [0.15, 0.2) is 0 Å².